The number of unbranched alkanes of at least 4 members (excludes halogenated alkanes) is 31. The summed E-state index contributed by atoms with van der Waals surface area (Å²) in [6.45, 7) is 6.59. The number of hydrogen-bond acceptors (Lipinski definition) is 6. The molecule has 0 aromatic carbocycles. The van der Waals surface area contributed by atoms with E-state index in [1.54, 1.807) is 0 Å². The second-order valence-electron chi connectivity index (χ2n) is 18.5. The maximum absolute atomic E-state index is 12.8. The van der Waals surface area contributed by atoms with E-state index in [1.807, 2.05) is 0 Å². The molecule has 6 heteroatoms. The Morgan fingerprint density at radius 2 is 0.578 bits per heavy atom. The van der Waals surface area contributed by atoms with Gasteiger partial charge in [-0.15, -0.1) is 0 Å². The fourth-order valence-electron chi connectivity index (χ4n) is 7.91. The van der Waals surface area contributed by atoms with Gasteiger partial charge in [0.05, 0.1) is 0 Å². The van der Waals surface area contributed by atoms with E-state index in [4.69, 9.17) is 14.2 Å². The second-order valence-corrected chi connectivity index (χ2v) is 18.5. The quantitative estimate of drug-likeness (QED) is 0.0262. The van der Waals surface area contributed by atoms with E-state index in [0.29, 0.717) is 19.3 Å². The molecular formula is C58H104O6. The predicted octanol–water partition coefficient (Wildman–Crippen LogP) is 18.3. The third-order valence-corrected chi connectivity index (χ3v) is 12.1. The summed E-state index contributed by atoms with van der Waals surface area (Å²) >= 11 is 0. The van der Waals surface area contributed by atoms with Crippen LogP contribution in [0.25, 0.3) is 0 Å². The van der Waals surface area contributed by atoms with Crippen LogP contribution in [0.5, 0.6) is 0 Å². The van der Waals surface area contributed by atoms with Crippen LogP contribution in [-0.4, -0.2) is 37.2 Å². The summed E-state index contributed by atoms with van der Waals surface area (Å²) in [7, 11) is 0. The smallest absolute Gasteiger partial charge is 0.306 e. The molecule has 0 aromatic rings. The Labute approximate surface area is 397 Å². The van der Waals surface area contributed by atoms with Gasteiger partial charge in [-0.05, 0) is 57.8 Å². The van der Waals surface area contributed by atoms with Crippen LogP contribution in [0.1, 0.15) is 284 Å². The van der Waals surface area contributed by atoms with E-state index in [2.05, 4.69) is 69.4 Å². The van der Waals surface area contributed by atoms with Crippen LogP contribution >= 0.6 is 0 Å². The molecule has 0 saturated heterocycles. The van der Waals surface area contributed by atoms with Gasteiger partial charge in [-0.1, -0.05) is 256 Å². The van der Waals surface area contributed by atoms with Gasteiger partial charge in [0.2, 0.25) is 0 Å². The predicted molar refractivity (Wildman–Crippen MR) is 275 cm³/mol. The van der Waals surface area contributed by atoms with Gasteiger partial charge >= 0.3 is 17.9 Å². The number of hydrogen-bond donors (Lipinski definition) is 0. The molecule has 0 unspecified atom stereocenters. The average Bonchev–Trinajstić information content (AvgIpc) is 3.29. The lowest BCUT2D eigenvalue weighted by molar-refractivity contribution is -0.167. The Morgan fingerprint density at radius 1 is 0.312 bits per heavy atom. The van der Waals surface area contributed by atoms with E-state index in [9.17, 15) is 14.4 Å². The van der Waals surface area contributed by atoms with Crippen molar-refractivity contribution in [3.63, 3.8) is 0 Å². The minimum absolute atomic E-state index is 0.0858. The number of ether oxygens (including phenoxy) is 3. The molecule has 0 heterocycles. The molecule has 0 radical (unpaired) electrons. The van der Waals surface area contributed by atoms with Crippen LogP contribution in [-0.2, 0) is 28.6 Å². The van der Waals surface area contributed by atoms with Crippen molar-refractivity contribution >= 4 is 17.9 Å². The standard InChI is InChI=1S/C58H104O6/c1-4-7-10-13-16-19-22-25-27-29-31-33-36-38-41-44-47-50-56(59)62-53-55(64-58(61)52-49-46-43-40-35-24-21-18-15-12-9-6-3)54-63-57(60)51-48-45-42-39-37-34-32-30-28-26-23-20-17-14-11-8-5-2/h16,19,25,27,31,33,38,41,55H,4-15,17-18,20-24,26,28-30,32,34-37,39-40,42-54H2,1-3H3/b19-16-,27-25-,33-31-,41-38-/t55-/m1/s1. The first-order chi connectivity index (χ1) is 31.5. The summed E-state index contributed by atoms with van der Waals surface area (Å²) < 4.78 is 16.8. The molecule has 64 heavy (non-hydrogen) atoms. The monoisotopic (exact) mass is 897 g/mol. The van der Waals surface area contributed by atoms with Gasteiger partial charge in [0.25, 0.3) is 0 Å². The van der Waals surface area contributed by atoms with Crippen molar-refractivity contribution in [2.45, 2.75) is 290 Å². The molecule has 0 aliphatic carbocycles. The number of esters is 3. The van der Waals surface area contributed by atoms with Crippen molar-refractivity contribution in [3.8, 4) is 0 Å². The highest BCUT2D eigenvalue weighted by Gasteiger charge is 2.19. The summed E-state index contributed by atoms with van der Waals surface area (Å²) in [5.74, 6) is -0.932. The van der Waals surface area contributed by atoms with Crippen molar-refractivity contribution in [1.82, 2.24) is 0 Å². The molecule has 0 aliphatic rings. The van der Waals surface area contributed by atoms with Gasteiger partial charge in [0.1, 0.15) is 13.2 Å². The first-order valence-electron chi connectivity index (χ1n) is 27.6. The van der Waals surface area contributed by atoms with Crippen molar-refractivity contribution in [1.29, 1.82) is 0 Å². The molecule has 0 saturated carbocycles. The molecule has 0 N–H and O–H groups in total. The van der Waals surface area contributed by atoms with Crippen LogP contribution in [0.4, 0.5) is 0 Å². The van der Waals surface area contributed by atoms with Crippen LogP contribution in [0.15, 0.2) is 48.6 Å². The fraction of sp³-hybridized carbons (Fsp3) is 0.810. The third-order valence-electron chi connectivity index (χ3n) is 12.1. The van der Waals surface area contributed by atoms with Gasteiger partial charge < -0.3 is 14.2 Å². The van der Waals surface area contributed by atoms with Gasteiger partial charge in [-0.25, -0.2) is 0 Å². The van der Waals surface area contributed by atoms with E-state index >= 15 is 0 Å². The maximum Gasteiger partial charge on any atom is 0.306 e. The zero-order chi connectivity index (χ0) is 46.5. The van der Waals surface area contributed by atoms with Crippen molar-refractivity contribution in [2.75, 3.05) is 13.2 Å². The number of allylic oxidation sites excluding steroid dienone is 8. The van der Waals surface area contributed by atoms with Crippen LogP contribution in [0.2, 0.25) is 0 Å². The molecule has 0 fully saturated rings. The molecule has 0 spiro atoms. The minimum Gasteiger partial charge on any atom is -0.462 e. The fourth-order valence-corrected chi connectivity index (χ4v) is 7.91. The summed E-state index contributed by atoms with van der Waals surface area (Å²) in [6.07, 6.45) is 63.9. The summed E-state index contributed by atoms with van der Waals surface area (Å²) in [5.41, 5.74) is 0. The first-order valence-corrected chi connectivity index (χ1v) is 27.6. The first kappa shape index (κ1) is 61.4. The minimum atomic E-state index is -0.790. The Bertz CT molecular complexity index is 1120. The van der Waals surface area contributed by atoms with Gasteiger partial charge in [-0.2, -0.15) is 0 Å². The van der Waals surface area contributed by atoms with Gasteiger partial charge in [0, 0.05) is 19.3 Å². The summed E-state index contributed by atoms with van der Waals surface area (Å²) in [4.78, 5) is 38.0. The highest BCUT2D eigenvalue weighted by Crippen LogP contribution is 2.16. The number of carbonyl (C=O) groups excluding carboxylic acids is 3. The van der Waals surface area contributed by atoms with E-state index in [1.165, 1.54) is 173 Å². The molecule has 372 valence electrons. The zero-order valence-electron chi connectivity index (χ0n) is 42.6. The highest BCUT2D eigenvalue weighted by atomic mass is 16.6. The lowest BCUT2D eigenvalue weighted by atomic mass is 10.0. The average molecular weight is 897 g/mol. The molecule has 0 amide bonds. The highest BCUT2D eigenvalue weighted by molar-refractivity contribution is 5.71. The Balaban J connectivity index is 4.39. The molecule has 0 bridgehead atoms. The van der Waals surface area contributed by atoms with Crippen LogP contribution in [0.3, 0.4) is 0 Å². The zero-order valence-corrected chi connectivity index (χ0v) is 42.6. The van der Waals surface area contributed by atoms with Gasteiger partial charge in [-0.3, -0.25) is 14.4 Å². The largest absolute Gasteiger partial charge is 0.462 e. The summed E-state index contributed by atoms with van der Waals surface area (Å²) in [6, 6.07) is 0. The van der Waals surface area contributed by atoms with E-state index in [-0.39, 0.29) is 37.5 Å². The third kappa shape index (κ3) is 50.4. The molecule has 0 aliphatic heterocycles. The Hall–Kier alpha value is -2.63. The molecule has 0 aromatic heterocycles. The Kier molecular flexibility index (Phi) is 50.8. The maximum atomic E-state index is 12.8. The topological polar surface area (TPSA) is 78.9 Å². The SMILES string of the molecule is CCCCC/C=C\C/C=C\C/C=C\C/C=C\CCCC(=O)OC[C@H](COC(=O)CCCCCCCCCCCCCCCCCCC)OC(=O)CCCCCCCCCCCCCC. The molecule has 1 atom stereocenters. The molecule has 0 rings (SSSR count). The van der Waals surface area contributed by atoms with Crippen molar-refractivity contribution in [3.05, 3.63) is 48.6 Å². The van der Waals surface area contributed by atoms with E-state index in [0.717, 1.165) is 64.2 Å². The summed E-state index contributed by atoms with van der Waals surface area (Å²) in [5, 5.41) is 0. The van der Waals surface area contributed by atoms with Crippen molar-refractivity contribution in [2.24, 2.45) is 0 Å². The van der Waals surface area contributed by atoms with Crippen molar-refractivity contribution < 1.29 is 28.6 Å². The van der Waals surface area contributed by atoms with E-state index < -0.39 is 6.10 Å². The second kappa shape index (κ2) is 53.0. The lowest BCUT2D eigenvalue weighted by Gasteiger charge is -2.18. The van der Waals surface area contributed by atoms with Crippen LogP contribution in [0, 0.1) is 0 Å². The number of carbonyl (C=O) groups is 3. The molecular weight excluding hydrogens is 793 g/mol. The van der Waals surface area contributed by atoms with Crippen LogP contribution < -0.4 is 0 Å². The Morgan fingerprint density at radius 3 is 0.938 bits per heavy atom. The lowest BCUT2D eigenvalue weighted by Crippen LogP contribution is -2.30. The normalized spacial score (nSPS) is 12.4. The number of rotatable bonds is 50. The van der Waals surface area contributed by atoms with Gasteiger partial charge in [0.15, 0.2) is 6.10 Å². The molecule has 6 nitrogen and oxygen atoms in total.